The molecular weight excluding hydrogens is 264 g/mol. The van der Waals surface area contributed by atoms with Crippen LogP contribution in [0.15, 0.2) is 23.6 Å². The lowest BCUT2D eigenvalue weighted by molar-refractivity contribution is 0.681. The maximum atomic E-state index is 6.18. The highest BCUT2D eigenvalue weighted by atomic mass is 35.5. The topological polar surface area (TPSA) is 24.9 Å². The number of nitrogens with zero attached hydrogens (tertiary/aromatic N) is 1. The molecule has 0 saturated heterocycles. The van der Waals surface area contributed by atoms with Gasteiger partial charge in [-0.1, -0.05) is 23.7 Å². The second-order valence-electron chi connectivity index (χ2n) is 4.38. The van der Waals surface area contributed by atoms with Gasteiger partial charge in [0.15, 0.2) is 0 Å². The monoisotopic (exact) mass is 280 g/mol. The van der Waals surface area contributed by atoms with Crippen LogP contribution in [-0.4, -0.2) is 11.5 Å². The summed E-state index contributed by atoms with van der Waals surface area (Å²) in [6.07, 6.45) is 0.966. The van der Waals surface area contributed by atoms with E-state index in [9.17, 15) is 0 Å². The van der Waals surface area contributed by atoms with Gasteiger partial charge < -0.3 is 5.32 Å². The molecule has 0 atom stereocenters. The Hall–Kier alpha value is -0.900. The first-order chi connectivity index (χ1) is 8.65. The molecule has 18 heavy (non-hydrogen) atoms. The van der Waals surface area contributed by atoms with Crippen molar-refractivity contribution in [3.8, 4) is 0 Å². The molecule has 2 aromatic rings. The third-order valence-corrected chi connectivity index (χ3v) is 3.92. The number of rotatable bonds is 5. The van der Waals surface area contributed by atoms with Crippen molar-refractivity contribution in [2.45, 2.75) is 26.8 Å². The van der Waals surface area contributed by atoms with E-state index in [0.29, 0.717) is 0 Å². The van der Waals surface area contributed by atoms with Crippen molar-refractivity contribution in [3.05, 3.63) is 50.4 Å². The molecule has 2 nitrogen and oxygen atoms in total. The summed E-state index contributed by atoms with van der Waals surface area (Å²) in [5, 5.41) is 7.49. The zero-order chi connectivity index (χ0) is 13.0. The van der Waals surface area contributed by atoms with Crippen molar-refractivity contribution < 1.29 is 0 Å². The van der Waals surface area contributed by atoms with Gasteiger partial charge in [-0.3, -0.25) is 0 Å². The smallest absolute Gasteiger partial charge is 0.0897 e. The third kappa shape index (κ3) is 3.80. The van der Waals surface area contributed by atoms with Gasteiger partial charge in [-0.05, 0) is 31.0 Å². The molecule has 1 aromatic carbocycles. The van der Waals surface area contributed by atoms with E-state index in [1.807, 2.05) is 19.9 Å². The lowest BCUT2D eigenvalue weighted by Gasteiger charge is -2.06. The van der Waals surface area contributed by atoms with Gasteiger partial charge >= 0.3 is 0 Å². The molecule has 1 heterocycles. The number of hydrogen-bond acceptors (Lipinski definition) is 3. The van der Waals surface area contributed by atoms with Crippen molar-refractivity contribution >= 4 is 22.9 Å². The Balaban J connectivity index is 1.78. The van der Waals surface area contributed by atoms with Crippen LogP contribution in [0.2, 0.25) is 5.02 Å². The highest BCUT2D eigenvalue weighted by Gasteiger charge is 2.01. The first-order valence-electron chi connectivity index (χ1n) is 6.02. The molecule has 0 fully saturated rings. The molecule has 0 aliphatic rings. The summed E-state index contributed by atoms with van der Waals surface area (Å²) in [4.78, 5) is 4.44. The molecule has 0 spiro atoms. The van der Waals surface area contributed by atoms with E-state index in [2.05, 4.69) is 27.8 Å². The van der Waals surface area contributed by atoms with Crippen molar-refractivity contribution in [1.29, 1.82) is 0 Å². The molecular formula is C14H17ClN2S. The van der Waals surface area contributed by atoms with E-state index in [4.69, 9.17) is 11.6 Å². The Morgan fingerprint density at radius 3 is 2.83 bits per heavy atom. The van der Waals surface area contributed by atoms with Crippen molar-refractivity contribution in [2.24, 2.45) is 0 Å². The van der Waals surface area contributed by atoms with Crippen LogP contribution in [-0.2, 0) is 13.0 Å². The van der Waals surface area contributed by atoms with Crippen LogP contribution in [0.25, 0.3) is 0 Å². The van der Waals surface area contributed by atoms with Crippen LogP contribution >= 0.6 is 22.9 Å². The number of nitrogens with one attached hydrogen (secondary N) is 1. The minimum atomic E-state index is 0.808. The predicted octanol–water partition coefficient (Wildman–Crippen LogP) is 3.75. The van der Waals surface area contributed by atoms with Crippen LogP contribution in [0.3, 0.4) is 0 Å². The number of thiazole rings is 1. The Labute approximate surface area is 117 Å². The van der Waals surface area contributed by atoms with Gasteiger partial charge in [0.05, 0.1) is 10.7 Å². The second-order valence-corrected chi connectivity index (χ2v) is 5.85. The van der Waals surface area contributed by atoms with Gasteiger partial charge in [0, 0.05) is 29.9 Å². The first kappa shape index (κ1) is 13.5. The molecule has 0 aliphatic carbocycles. The van der Waals surface area contributed by atoms with Gasteiger partial charge in [-0.2, -0.15) is 0 Å². The highest BCUT2D eigenvalue weighted by molar-refractivity contribution is 7.09. The van der Waals surface area contributed by atoms with E-state index in [1.54, 1.807) is 11.3 Å². The van der Waals surface area contributed by atoms with E-state index < -0.39 is 0 Å². The van der Waals surface area contributed by atoms with E-state index in [0.717, 1.165) is 35.1 Å². The maximum absolute atomic E-state index is 6.18. The van der Waals surface area contributed by atoms with Gasteiger partial charge in [0.2, 0.25) is 0 Å². The lowest BCUT2D eigenvalue weighted by atomic mass is 10.1. The number of hydrogen-bond donors (Lipinski definition) is 1. The Morgan fingerprint density at radius 1 is 1.33 bits per heavy atom. The van der Waals surface area contributed by atoms with Gasteiger partial charge in [0.25, 0.3) is 0 Å². The molecule has 0 radical (unpaired) electrons. The summed E-state index contributed by atoms with van der Waals surface area (Å²) in [5.74, 6) is 0. The molecule has 0 bridgehead atoms. The lowest BCUT2D eigenvalue weighted by Crippen LogP contribution is -2.17. The fraction of sp³-hybridized carbons (Fsp3) is 0.357. The maximum Gasteiger partial charge on any atom is 0.0897 e. The second kappa shape index (κ2) is 6.32. The van der Waals surface area contributed by atoms with Crippen LogP contribution in [0.5, 0.6) is 0 Å². The number of aryl methyl sites for hydroxylation is 2. The normalized spacial score (nSPS) is 10.8. The van der Waals surface area contributed by atoms with Gasteiger partial charge in [0.1, 0.15) is 0 Å². The molecule has 2 rings (SSSR count). The molecule has 0 aliphatic heterocycles. The molecule has 0 amide bonds. The average molecular weight is 281 g/mol. The van der Waals surface area contributed by atoms with Crippen LogP contribution < -0.4 is 5.32 Å². The summed E-state index contributed by atoms with van der Waals surface area (Å²) in [6, 6.07) is 6.17. The molecule has 96 valence electrons. The zero-order valence-electron chi connectivity index (χ0n) is 10.7. The molecule has 1 N–H and O–H groups in total. The third-order valence-electron chi connectivity index (χ3n) is 2.75. The molecule has 0 saturated carbocycles. The minimum Gasteiger partial charge on any atom is -0.312 e. The van der Waals surface area contributed by atoms with Crippen LogP contribution in [0.1, 0.15) is 21.8 Å². The van der Waals surface area contributed by atoms with Crippen molar-refractivity contribution in [3.63, 3.8) is 0 Å². The fourth-order valence-electron chi connectivity index (χ4n) is 1.76. The average Bonchev–Trinajstić information content (AvgIpc) is 2.73. The van der Waals surface area contributed by atoms with Crippen LogP contribution in [0.4, 0.5) is 0 Å². The standard InChI is InChI=1S/C14H17ClN2S/c1-10-3-4-12(14(15)7-10)8-16-6-5-13-9-18-11(2)17-13/h3-4,7,9,16H,5-6,8H2,1-2H3. The quantitative estimate of drug-likeness (QED) is 0.844. The Bertz CT molecular complexity index is 522. The zero-order valence-corrected chi connectivity index (χ0v) is 12.2. The predicted molar refractivity (Wildman–Crippen MR) is 78.5 cm³/mol. The molecule has 1 aromatic heterocycles. The fourth-order valence-corrected chi connectivity index (χ4v) is 2.71. The van der Waals surface area contributed by atoms with Crippen LogP contribution in [0, 0.1) is 13.8 Å². The summed E-state index contributed by atoms with van der Waals surface area (Å²) in [5.41, 5.74) is 3.51. The summed E-state index contributed by atoms with van der Waals surface area (Å²) >= 11 is 7.88. The van der Waals surface area contributed by atoms with E-state index in [1.165, 1.54) is 11.3 Å². The summed E-state index contributed by atoms with van der Waals surface area (Å²) in [7, 11) is 0. The number of benzene rings is 1. The number of aromatic nitrogens is 1. The first-order valence-corrected chi connectivity index (χ1v) is 7.27. The Kier molecular flexibility index (Phi) is 4.75. The van der Waals surface area contributed by atoms with Gasteiger partial charge in [-0.15, -0.1) is 11.3 Å². The highest BCUT2D eigenvalue weighted by Crippen LogP contribution is 2.17. The van der Waals surface area contributed by atoms with Crippen molar-refractivity contribution in [1.82, 2.24) is 10.3 Å². The SMILES string of the molecule is Cc1ccc(CNCCc2csc(C)n2)c(Cl)c1. The molecule has 4 heteroatoms. The Morgan fingerprint density at radius 2 is 2.17 bits per heavy atom. The van der Waals surface area contributed by atoms with Crippen molar-refractivity contribution in [2.75, 3.05) is 6.54 Å². The minimum absolute atomic E-state index is 0.808. The largest absolute Gasteiger partial charge is 0.312 e. The number of halogens is 1. The molecule has 0 unspecified atom stereocenters. The summed E-state index contributed by atoms with van der Waals surface area (Å²) < 4.78 is 0. The van der Waals surface area contributed by atoms with Gasteiger partial charge in [-0.25, -0.2) is 4.98 Å². The van der Waals surface area contributed by atoms with E-state index >= 15 is 0 Å². The summed E-state index contributed by atoms with van der Waals surface area (Å²) in [6.45, 7) is 5.82. The van der Waals surface area contributed by atoms with E-state index in [-0.39, 0.29) is 0 Å².